The fraction of sp³-hybridized carbons (Fsp3) is 0.467. The molecule has 0 unspecified atom stereocenters. The average Bonchev–Trinajstić information content (AvgIpc) is 3.19. The van der Waals surface area contributed by atoms with Crippen molar-refractivity contribution >= 4 is 34.8 Å². The summed E-state index contributed by atoms with van der Waals surface area (Å²) in [4.78, 5) is 13.4. The number of hydrogen-bond donors (Lipinski definition) is 1. The van der Waals surface area contributed by atoms with Crippen molar-refractivity contribution in [3.63, 3.8) is 0 Å². The van der Waals surface area contributed by atoms with Gasteiger partial charge in [-0.3, -0.25) is 4.79 Å². The first kappa shape index (κ1) is 13.4. The van der Waals surface area contributed by atoms with Crippen molar-refractivity contribution in [1.29, 1.82) is 0 Å². The molecule has 2 aromatic heterocycles. The van der Waals surface area contributed by atoms with E-state index in [1.165, 1.54) is 30.6 Å². The first-order chi connectivity index (χ1) is 10.3. The molecule has 21 heavy (non-hydrogen) atoms. The average molecular weight is 319 g/mol. The molecule has 4 rings (SSSR count). The second kappa shape index (κ2) is 5.50. The smallest absolute Gasteiger partial charge is 0.235 e. The van der Waals surface area contributed by atoms with Gasteiger partial charge in [0, 0.05) is 10.4 Å². The number of amides is 1. The number of nitrogens with one attached hydrogen (secondary N) is 1. The molecule has 1 saturated carbocycles. The monoisotopic (exact) mass is 319 g/mol. The summed E-state index contributed by atoms with van der Waals surface area (Å²) >= 11 is 3.44. The molecular formula is C15H17N3OS2. The first-order valence-electron chi connectivity index (χ1n) is 7.35. The van der Waals surface area contributed by atoms with Gasteiger partial charge in [-0.2, -0.15) is 5.10 Å². The summed E-state index contributed by atoms with van der Waals surface area (Å²) in [7, 11) is 0. The lowest BCUT2D eigenvalue weighted by Gasteiger charge is -2.15. The molecule has 1 aliphatic heterocycles. The lowest BCUT2D eigenvalue weighted by molar-refractivity contribution is -0.113. The number of hydrogen-bond acceptors (Lipinski definition) is 4. The van der Waals surface area contributed by atoms with Crippen molar-refractivity contribution in [1.82, 2.24) is 9.78 Å². The Morgan fingerprint density at radius 1 is 1.33 bits per heavy atom. The molecule has 0 aromatic carbocycles. The Morgan fingerprint density at radius 3 is 2.95 bits per heavy atom. The zero-order chi connectivity index (χ0) is 14.2. The molecule has 0 radical (unpaired) electrons. The summed E-state index contributed by atoms with van der Waals surface area (Å²) in [6, 6.07) is 4.66. The number of thioether (sulfide) groups is 1. The summed E-state index contributed by atoms with van der Waals surface area (Å²) < 4.78 is 2.06. The largest absolute Gasteiger partial charge is 0.310 e. The van der Waals surface area contributed by atoms with Crippen molar-refractivity contribution in [3.05, 3.63) is 34.2 Å². The second-order valence-electron chi connectivity index (χ2n) is 5.59. The predicted molar refractivity (Wildman–Crippen MR) is 87.0 cm³/mol. The normalized spacial score (nSPS) is 22.9. The number of nitrogens with zero attached hydrogens (tertiary/aromatic N) is 2. The minimum atomic E-state index is 0.0834. The standard InChI is InChI=1S/C15H17N3OS2/c19-13-9-21-14(12-6-3-7-20-12)11-8-16-18(15(11)17-13)10-4-1-2-5-10/h3,6-8,10,14H,1-2,4-5,9H2,(H,17,19)/t14-/m0/s1. The van der Waals surface area contributed by atoms with E-state index in [1.54, 1.807) is 23.1 Å². The quantitative estimate of drug-likeness (QED) is 0.915. The zero-order valence-electron chi connectivity index (χ0n) is 11.6. The topological polar surface area (TPSA) is 46.9 Å². The summed E-state index contributed by atoms with van der Waals surface area (Å²) in [5.74, 6) is 1.51. The number of carbonyl (C=O) groups excluding carboxylic acids is 1. The van der Waals surface area contributed by atoms with E-state index in [1.807, 2.05) is 6.20 Å². The van der Waals surface area contributed by atoms with E-state index in [4.69, 9.17) is 0 Å². The minimum absolute atomic E-state index is 0.0834. The van der Waals surface area contributed by atoms with Crippen LogP contribution in [0.1, 0.15) is 47.4 Å². The second-order valence-corrected chi connectivity index (χ2v) is 7.66. The molecule has 1 aliphatic carbocycles. The number of fused-ring (bicyclic) bond motifs is 1. The summed E-state index contributed by atoms with van der Waals surface area (Å²) in [6.07, 6.45) is 6.81. The first-order valence-corrected chi connectivity index (χ1v) is 9.28. The highest BCUT2D eigenvalue weighted by molar-refractivity contribution is 8.00. The highest BCUT2D eigenvalue weighted by Crippen LogP contribution is 2.44. The molecule has 2 aromatic rings. The third-order valence-corrected chi connectivity index (χ3v) is 6.57. The number of aromatic nitrogens is 2. The lowest BCUT2D eigenvalue weighted by Crippen LogP contribution is -2.18. The van der Waals surface area contributed by atoms with Crippen LogP contribution in [0.25, 0.3) is 0 Å². The zero-order valence-corrected chi connectivity index (χ0v) is 13.3. The Bertz CT molecular complexity index is 644. The van der Waals surface area contributed by atoms with Crippen LogP contribution in [0.3, 0.4) is 0 Å². The maximum atomic E-state index is 12.1. The Morgan fingerprint density at radius 2 is 2.19 bits per heavy atom. The van der Waals surface area contributed by atoms with Gasteiger partial charge in [0.05, 0.1) is 23.2 Å². The molecule has 3 heterocycles. The van der Waals surface area contributed by atoms with Crippen LogP contribution < -0.4 is 5.32 Å². The van der Waals surface area contributed by atoms with Gasteiger partial charge in [-0.1, -0.05) is 18.9 Å². The molecule has 0 saturated heterocycles. The lowest BCUT2D eigenvalue weighted by atomic mass is 10.2. The summed E-state index contributed by atoms with van der Waals surface area (Å²) in [5.41, 5.74) is 1.15. The summed E-state index contributed by atoms with van der Waals surface area (Å²) in [5, 5.41) is 10.0. The number of rotatable bonds is 2. The van der Waals surface area contributed by atoms with Crippen LogP contribution in [0.4, 0.5) is 5.82 Å². The van der Waals surface area contributed by atoms with Gasteiger partial charge < -0.3 is 5.32 Å². The van der Waals surface area contributed by atoms with Crippen molar-refractivity contribution in [3.8, 4) is 0 Å². The number of anilines is 1. The molecule has 6 heteroatoms. The van der Waals surface area contributed by atoms with Crippen molar-refractivity contribution in [2.45, 2.75) is 37.0 Å². The van der Waals surface area contributed by atoms with E-state index in [9.17, 15) is 4.79 Å². The minimum Gasteiger partial charge on any atom is -0.310 e. The van der Waals surface area contributed by atoms with Gasteiger partial charge in [0.2, 0.25) is 5.91 Å². The maximum Gasteiger partial charge on any atom is 0.235 e. The van der Waals surface area contributed by atoms with Gasteiger partial charge >= 0.3 is 0 Å². The van der Waals surface area contributed by atoms with Crippen LogP contribution in [-0.2, 0) is 4.79 Å². The highest BCUT2D eigenvalue weighted by atomic mass is 32.2. The molecule has 4 nitrogen and oxygen atoms in total. The Hall–Kier alpha value is -1.27. The fourth-order valence-corrected chi connectivity index (χ4v) is 5.29. The fourth-order valence-electron chi connectivity index (χ4n) is 3.22. The van der Waals surface area contributed by atoms with E-state index in [0.29, 0.717) is 11.8 Å². The molecule has 0 spiro atoms. The third-order valence-electron chi connectivity index (χ3n) is 4.22. The van der Waals surface area contributed by atoms with E-state index >= 15 is 0 Å². The molecule has 2 aliphatic rings. The Labute approximate surface area is 131 Å². The van der Waals surface area contributed by atoms with Gasteiger partial charge in [0.25, 0.3) is 0 Å². The van der Waals surface area contributed by atoms with Crippen LogP contribution in [-0.4, -0.2) is 21.4 Å². The van der Waals surface area contributed by atoms with Gasteiger partial charge in [0.15, 0.2) is 0 Å². The van der Waals surface area contributed by atoms with Crippen molar-refractivity contribution in [2.75, 3.05) is 11.1 Å². The molecule has 1 atom stereocenters. The van der Waals surface area contributed by atoms with E-state index in [0.717, 1.165) is 11.4 Å². The predicted octanol–water partition coefficient (Wildman–Crippen LogP) is 3.83. The van der Waals surface area contributed by atoms with Crippen LogP contribution in [0.15, 0.2) is 23.7 Å². The number of carbonyl (C=O) groups is 1. The van der Waals surface area contributed by atoms with Crippen LogP contribution in [0.2, 0.25) is 0 Å². The Balaban J connectivity index is 1.77. The van der Waals surface area contributed by atoms with Gasteiger partial charge in [-0.05, 0) is 24.3 Å². The molecular weight excluding hydrogens is 302 g/mol. The molecule has 110 valence electrons. The van der Waals surface area contributed by atoms with E-state index in [-0.39, 0.29) is 11.2 Å². The van der Waals surface area contributed by atoms with Gasteiger partial charge in [-0.15, -0.1) is 23.1 Å². The van der Waals surface area contributed by atoms with E-state index in [2.05, 4.69) is 32.6 Å². The Kier molecular flexibility index (Phi) is 3.51. The third kappa shape index (κ3) is 2.40. The van der Waals surface area contributed by atoms with Crippen molar-refractivity contribution < 1.29 is 4.79 Å². The highest BCUT2D eigenvalue weighted by Gasteiger charge is 2.30. The molecule has 1 amide bonds. The molecule has 1 N–H and O–H groups in total. The van der Waals surface area contributed by atoms with Crippen LogP contribution >= 0.6 is 23.1 Å². The molecule has 1 fully saturated rings. The van der Waals surface area contributed by atoms with Gasteiger partial charge in [0.1, 0.15) is 5.82 Å². The number of thiophene rings is 1. The van der Waals surface area contributed by atoms with Crippen LogP contribution in [0, 0.1) is 0 Å². The molecule has 0 bridgehead atoms. The summed E-state index contributed by atoms with van der Waals surface area (Å²) in [6.45, 7) is 0. The SMILES string of the molecule is O=C1CS[C@H](c2cccs2)c2cnn(C3CCCC3)c2N1. The van der Waals surface area contributed by atoms with Crippen LogP contribution in [0.5, 0.6) is 0 Å². The maximum absolute atomic E-state index is 12.1. The van der Waals surface area contributed by atoms with Gasteiger partial charge in [-0.25, -0.2) is 4.68 Å². The van der Waals surface area contributed by atoms with Crippen molar-refractivity contribution in [2.24, 2.45) is 0 Å². The van der Waals surface area contributed by atoms with E-state index < -0.39 is 0 Å².